The summed E-state index contributed by atoms with van der Waals surface area (Å²) in [7, 11) is 0. The Kier molecular flexibility index (Phi) is 5.63. The lowest BCUT2D eigenvalue weighted by molar-refractivity contribution is 0.0256. The van der Waals surface area contributed by atoms with Crippen LogP contribution in [0.4, 0.5) is 10.5 Å². The molecule has 128 valence electrons. The summed E-state index contributed by atoms with van der Waals surface area (Å²) in [5.74, 6) is 0.0779. The van der Waals surface area contributed by atoms with Crippen LogP contribution in [0.3, 0.4) is 0 Å². The third-order valence-electron chi connectivity index (χ3n) is 3.70. The van der Waals surface area contributed by atoms with Gasteiger partial charge in [0, 0.05) is 24.8 Å². The van der Waals surface area contributed by atoms with Crippen LogP contribution in [0, 0.1) is 0 Å². The summed E-state index contributed by atoms with van der Waals surface area (Å²) in [6.07, 6.45) is 2.49. The Morgan fingerprint density at radius 2 is 2.09 bits per heavy atom. The molecule has 0 aromatic heterocycles. The molecule has 0 aliphatic carbocycles. The molecule has 1 amide bonds. The number of nitrogens with one attached hydrogen (secondary N) is 1. The van der Waals surface area contributed by atoms with Crippen molar-refractivity contribution in [1.29, 1.82) is 0 Å². The largest absolute Gasteiger partial charge is 0.506 e. The molecule has 2 rings (SSSR count). The van der Waals surface area contributed by atoms with E-state index in [1.165, 1.54) is 0 Å². The van der Waals surface area contributed by atoms with Crippen LogP contribution in [-0.4, -0.2) is 40.8 Å². The zero-order chi connectivity index (χ0) is 17.0. The third kappa shape index (κ3) is 5.50. The molecule has 1 aliphatic rings. The van der Waals surface area contributed by atoms with E-state index in [9.17, 15) is 9.90 Å². The van der Waals surface area contributed by atoms with Crippen molar-refractivity contribution in [3.8, 4) is 5.75 Å². The molecular weight excluding hydrogens is 316 g/mol. The molecule has 2 N–H and O–H groups in total. The molecule has 1 aliphatic heterocycles. The fourth-order valence-corrected chi connectivity index (χ4v) is 2.76. The fourth-order valence-electron chi connectivity index (χ4n) is 2.58. The molecule has 1 saturated heterocycles. The van der Waals surface area contributed by atoms with Gasteiger partial charge in [-0.25, -0.2) is 4.79 Å². The quantitative estimate of drug-likeness (QED) is 0.790. The van der Waals surface area contributed by atoms with Crippen molar-refractivity contribution >= 4 is 23.4 Å². The molecule has 0 radical (unpaired) electrons. The van der Waals surface area contributed by atoms with Crippen LogP contribution in [0.1, 0.15) is 40.0 Å². The Hall–Kier alpha value is -1.62. The van der Waals surface area contributed by atoms with Crippen molar-refractivity contribution in [2.45, 2.75) is 51.7 Å². The summed E-state index contributed by atoms with van der Waals surface area (Å²) in [5.41, 5.74) is 0.410. The number of halogens is 1. The standard InChI is InChI=1S/C17H25ClN2O3/c1-17(2,3)23-16(22)20-9-4-5-12(8-10-20)19-13-6-7-15(21)14(18)11-13/h6-7,11-12,19,21H,4-5,8-10H2,1-3H3. The minimum Gasteiger partial charge on any atom is -0.506 e. The van der Waals surface area contributed by atoms with Crippen molar-refractivity contribution in [2.75, 3.05) is 18.4 Å². The van der Waals surface area contributed by atoms with E-state index in [0.29, 0.717) is 18.1 Å². The van der Waals surface area contributed by atoms with Gasteiger partial charge in [0.1, 0.15) is 11.4 Å². The number of amides is 1. The summed E-state index contributed by atoms with van der Waals surface area (Å²) in [6.45, 7) is 7.01. The van der Waals surface area contributed by atoms with E-state index in [1.54, 1.807) is 23.1 Å². The second-order valence-electron chi connectivity index (χ2n) is 6.91. The van der Waals surface area contributed by atoms with Crippen molar-refractivity contribution in [1.82, 2.24) is 4.90 Å². The highest BCUT2D eigenvalue weighted by molar-refractivity contribution is 6.32. The second kappa shape index (κ2) is 7.30. The molecule has 1 heterocycles. The van der Waals surface area contributed by atoms with Gasteiger partial charge in [0.15, 0.2) is 0 Å². The minimum atomic E-state index is -0.468. The first kappa shape index (κ1) is 17.7. The first-order valence-electron chi connectivity index (χ1n) is 7.97. The Morgan fingerprint density at radius 3 is 2.74 bits per heavy atom. The van der Waals surface area contributed by atoms with E-state index < -0.39 is 5.60 Å². The van der Waals surface area contributed by atoms with Gasteiger partial charge < -0.3 is 20.1 Å². The van der Waals surface area contributed by atoms with Crippen LogP contribution in [-0.2, 0) is 4.74 Å². The summed E-state index contributed by atoms with van der Waals surface area (Å²) in [4.78, 5) is 13.9. The first-order chi connectivity index (χ1) is 10.7. The number of ether oxygens (including phenoxy) is 1. The smallest absolute Gasteiger partial charge is 0.410 e. The van der Waals surface area contributed by atoms with Gasteiger partial charge in [-0.2, -0.15) is 0 Å². The number of phenols is 1. The molecular formula is C17H25ClN2O3. The van der Waals surface area contributed by atoms with Crippen molar-refractivity contribution in [3.05, 3.63) is 23.2 Å². The van der Waals surface area contributed by atoms with Crippen molar-refractivity contribution < 1.29 is 14.6 Å². The molecule has 6 heteroatoms. The number of carbonyl (C=O) groups is 1. The van der Waals surface area contributed by atoms with Gasteiger partial charge in [0.05, 0.1) is 5.02 Å². The number of aromatic hydroxyl groups is 1. The molecule has 0 bridgehead atoms. The maximum absolute atomic E-state index is 12.2. The summed E-state index contributed by atoms with van der Waals surface area (Å²) in [6, 6.07) is 5.36. The van der Waals surface area contributed by atoms with Crippen LogP contribution in [0.15, 0.2) is 18.2 Å². The SMILES string of the molecule is CC(C)(C)OC(=O)N1CCCC(Nc2ccc(O)c(Cl)c2)CC1. The average molecular weight is 341 g/mol. The van der Waals surface area contributed by atoms with Gasteiger partial charge in [-0.15, -0.1) is 0 Å². The number of phenolic OH excluding ortho intramolecular Hbond substituents is 1. The number of rotatable bonds is 2. The maximum Gasteiger partial charge on any atom is 0.410 e. The van der Waals surface area contributed by atoms with Crippen molar-refractivity contribution in [2.24, 2.45) is 0 Å². The predicted molar refractivity (Wildman–Crippen MR) is 92.2 cm³/mol. The highest BCUT2D eigenvalue weighted by atomic mass is 35.5. The maximum atomic E-state index is 12.2. The van der Waals surface area contributed by atoms with E-state index >= 15 is 0 Å². The lowest BCUT2D eigenvalue weighted by Crippen LogP contribution is -2.37. The van der Waals surface area contributed by atoms with E-state index in [0.717, 1.165) is 24.9 Å². The zero-order valence-corrected chi connectivity index (χ0v) is 14.7. The Labute approximate surface area is 142 Å². The van der Waals surface area contributed by atoms with Gasteiger partial charge in [0.25, 0.3) is 0 Å². The molecule has 0 saturated carbocycles. The highest BCUT2D eigenvalue weighted by Crippen LogP contribution is 2.27. The van der Waals surface area contributed by atoms with Crippen LogP contribution in [0.25, 0.3) is 0 Å². The lowest BCUT2D eigenvalue weighted by atomic mass is 10.1. The van der Waals surface area contributed by atoms with Gasteiger partial charge in [-0.1, -0.05) is 11.6 Å². The number of likely N-dealkylation sites (tertiary alicyclic amines) is 1. The molecule has 0 spiro atoms. The lowest BCUT2D eigenvalue weighted by Gasteiger charge is -2.26. The summed E-state index contributed by atoms with van der Waals surface area (Å²) >= 11 is 5.93. The van der Waals surface area contributed by atoms with Crippen molar-refractivity contribution in [3.63, 3.8) is 0 Å². The molecule has 1 aromatic rings. The van der Waals surface area contributed by atoms with Crippen LogP contribution in [0.2, 0.25) is 5.02 Å². The normalized spacial score (nSPS) is 19.1. The van der Waals surface area contributed by atoms with Gasteiger partial charge in [-0.3, -0.25) is 0 Å². The number of carbonyl (C=O) groups excluding carboxylic acids is 1. The monoisotopic (exact) mass is 340 g/mol. The predicted octanol–water partition coefficient (Wildman–Crippen LogP) is 4.25. The van der Waals surface area contributed by atoms with Crippen LogP contribution >= 0.6 is 11.6 Å². The molecule has 5 nitrogen and oxygen atoms in total. The number of hydrogen-bond donors (Lipinski definition) is 2. The second-order valence-corrected chi connectivity index (χ2v) is 7.31. The number of anilines is 1. The van der Waals surface area contributed by atoms with Crippen LogP contribution in [0.5, 0.6) is 5.75 Å². The Bertz CT molecular complexity index is 557. The summed E-state index contributed by atoms with van der Waals surface area (Å²) in [5, 5.41) is 13.2. The van der Waals surface area contributed by atoms with Gasteiger partial charge >= 0.3 is 6.09 Å². The first-order valence-corrected chi connectivity index (χ1v) is 8.35. The zero-order valence-electron chi connectivity index (χ0n) is 13.9. The fraction of sp³-hybridized carbons (Fsp3) is 0.588. The molecule has 1 atom stereocenters. The van der Waals surface area contributed by atoms with Crippen LogP contribution < -0.4 is 5.32 Å². The minimum absolute atomic E-state index is 0.0779. The molecule has 1 unspecified atom stereocenters. The van der Waals surface area contributed by atoms with E-state index in [-0.39, 0.29) is 17.9 Å². The third-order valence-corrected chi connectivity index (χ3v) is 4.00. The summed E-state index contributed by atoms with van der Waals surface area (Å²) < 4.78 is 5.44. The van der Waals surface area contributed by atoms with E-state index in [2.05, 4.69) is 5.32 Å². The van der Waals surface area contributed by atoms with Gasteiger partial charge in [-0.05, 0) is 58.2 Å². The Morgan fingerprint density at radius 1 is 1.35 bits per heavy atom. The number of benzene rings is 1. The Balaban J connectivity index is 1.90. The molecule has 1 aromatic carbocycles. The molecule has 23 heavy (non-hydrogen) atoms. The molecule has 1 fully saturated rings. The van der Waals surface area contributed by atoms with Gasteiger partial charge in [0.2, 0.25) is 0 Å². The number of hydrogen-bond acceptors (Lipinski definition) is 4. The highest BCUT2D eigenvalue weighted by Gasteiger charge is 2.25. The van der Waals surface area contributed by atoms with E-state index in [1.807, 2.05) is 20.8 Å². The van der Waals surface area contributed by atoms with E-state index in [4.69, 9.17) is 16.3 Å². The number of nitrogens with zero attached hydrogens (tertiary/aromatic N) is 1. The average Bonchev–Trinajstić information content (AvgIpc) is 2.67. The topological polar surface area (TPSA) is 61.8 Å².